The summed E-state index contributed by atoms with van der Waals surface area (Å²) in [5.41, 5.74) is 36.9. The number of benzene rings is 20. The van der Waals surface area contributed by atoms with E-state index in [1.165, 1.54) is 60.3 Å². The number of anilines is 6. The summed E-state index contributed by atoms with van der Waals surface area (Å²) in [7, 11) is 0. The Labute approximate surface area is 729 Å². The van der Waals surface area contributed by atoms with E-state index in [1.54, 1.807) is 0 Å². The maximum Gasteiger partial charge on any atom is 0.143 e. The highest BCUT2D eigenvalue weighted by Gasteiger charge is 2.24. The van der Waals surface area contributed by atoms with E-state index < -0.39 is 0 Å². The maximum atomic E-state index is 7.02. The second kappa shape index (κ2) is 30.7. The minimum absolute atomic E-state index is 0.845. The smallest absolute Gasteiger partial charge is 0.143 e. The maximum absolute atomic E-state index is 7.02. The van der Waals surface area contributed by atoms with Crippen LogP contribution in [0.5, 0.6) is 0 Å². The fourth-order valence-electron chi connectivity index (χ4n) is 19.3. The number of aromatic nitrogens is 2. The molecule has 0 saturated heterocycles. The lowest BCUT2D eigenvalue weighted by Gasteiger charge is -2.26. The van der Waals surface area contributed by atoms with Crippen LogP contribution in [0, 0.1) is 0 Å². The van der Waals surface area contributed by atoms with Gasteiger partial charge in [-0.3, -0.25) is 0 Å². The molecule has 6 nitrogen and oxygen atoms in total. The van der Waals surface area contributed by atoms with E-state index in [-0.39, 0.29) is 0 Å². The van der Waals surface area contributed by atoms with Gasteiger partial charge in [0, 0.05) is 99.5 Å². The van der Waals surface area contributed by atoms with Crippen LogP contribution in [0.3, 0.4) is 0 Å². The summed E-state index contributed by atoms with van der Waals surface area (Å²) < 4.78 is 18.5. The van der Waals surface area contributed by atoms with Crippen molar-refractivity contribution in [3.05, 3.63) is 473 Å². The van der Waals surface area contributed by atoms with E-state index in [2.05, 4.69) is 480 Å². The van der Waals surface area contributed by atoms with Crippen LogP contribution in [0.2, 0.25) is 0 Å². The molecule has 0 aliphatic heterocycles. The monoisotopic (exact) mass is 1610 g/mol. The van der Waals surface area contributed by atoms with Gasteiger partial charge >= 0.3 is 0 Å². The van der Waals surface area contributed by atoms with Crippen molar-refractivity contribution in [2.75, 3.05) is 9.80 Å². The molecule has 0 aliphatic carbocycles. The number of nitrogens with zero attached hydrogens (tertiary/aromatic N) is 4. The summed E-state index contributed by atoms with van der Waals surface area (Å²) in [5.74, 6) is 0. The molecule has 0 fully saturated rings. The van der Waals surface area contributed by atoms with Crippen LogP contribution in [-0.2, 0) is 0 Å². The van der Waals surface area contributed by atoms with Crippen molar-refractivity contribution < 1.29 is 8.83 Å². The van der Waals surface area contributed by atoms with Gasteiger partial charge in [0.2, 0.25) is 0 Å². The zero-order valence-electron chi connectivity index (χ0n) is 68.6. The van der Waals surface area contributed by atoms with Crippen molar-refractivity contribution in [2.45, 2.75) is 0 Å². The number of furan rings is 2. The molecule has 24 aromatic rings. The molecule has 0 N–H and O–H groups in total. The zero-order chi connectivity index (χ0) is 83.1. The van der Waals surface area contributed by atoms with Gasteiger partial charge in [-0.2, -0.15) is 0 Å². The van der Waals surface area contributed by atoms with Crippen molar-refractivity contribution in [1.29, 1.82) is 0 Å². The molecule has 0 unspecified atom stereocenters. The Balaban J connectivity index is 0.509. The second-order valence-electron chi connectivity index (χ2n) is 32.6. The highest BCUT2D eigenvalue weighted by Crippen LogP contribution is 2.48. The third-order valence-corrected chi connectivity index (χ3v) is 25.4. The van der Waals surface area contributed by atoms with E-state index in [4.69, 9.17) is 8.83 Å². The van der Waals surface area contributed by atoms with Crippen LogP contribution in [0.15, 0.2) is 482 Å². The Morgan fingerprint density at radius 2 is 0.429 bits per heavy atom. The molecule has 0 bridgehead atoms. The number of hydrogen-bond donors (Lipinski definition) is 0. The number of rotatable bonds is 17. The first-order valence-electron chi connectivity index (χ1n) is 43.1. The third-order valence-electron chi connectivity index (χ3n) is 25.4. The molecule has 0 saturated carbocycles. The van der Waals surface area contributed by atoms with Crippen LogP contribution < -0.4 is 9.80 Å². The Hall–Kier alpha value is -16.8. The van der Waals surface area contributed by atoms with Crippen LogP contribution in [0.25, 0.3) is 199 Å². The minimum Gasteiger partial charge on any atom is -0.455 e. The lowest BCUT2D eigenvalue weighted by atomic mass is 9.97. The number of hydrogen-bond acceptors (Lipinski definition) is 4. The first-order chi connectivity index (χ1) is 62.5. The van der Waals surface area contributed by atoms with Gasteiger partial charge < -0.3 is 27.8 Å². The van der Waals surface area contributed by atoms with Gasteiger partial charge in [0.25, 0.3) is 0 Å². The normalized spacial score (nSPS) is 11.7. The molecule has 0 amide bonds. The van der Waals surface area contributed by atoms with Crippen LogP contribution in [0.4, 0.5) is 34.1 Å². The third kappa shape index (κ3) is 12.8. The molecule has 590 valence electrons. The fourth-order valence-corrected chi connectivity index (χ4v) is 19.3. The molecule has 0 atom stereocenters. The molecule has 0 aliphatic rings. The molecule has 4 heterocycles. The first kappa shape index (κ1) is 73.1. The van der Waals surface area contributed by atoms with Gasteiger partial charge in [0.15, 0.2) is 0 Å². The largest absolute Gasteiger partial charge is 0.455 e. The Morgan fingerprint density at radius 1 is 0.151 bits per heavy atom. The summed E-state index contributed by atoms with van der Waals surface area (Å²) in [6, 6.07) is 172. The van der Waals surface area contributed by atoms with Gasteiger partial charge in [0.05, 0.1) is 33.4 Å². The SMILES string of the molecule is c1ccc(-c2ccc(-c3ccc(N(c4ccc(-c5ccc(-c6ccc(-c7ccc8c(c7)oc7c(-c9cccc(N(c%10ccccc%10)c%10ccc(-c%11ccc(-c%12ccccc%12)cc%11-n%11c%12ccccc%12c%12ccccc%12%11)cc%10)c9)cccc78)cc6)cc5)cc4)c4ccc(-c5cccc6c5oc5ccccc56)cc4)cc3)c(-n3c4ccccc4c4ccccc43)c2)cc1. The number of para-hydroxylation sites is 8. The van der Waals surface area contributed by atoms with Gasteiger partial charge in [-0.15, -0.1) is 0 Å². The average molecular weight is 1610 g/mol. The average Bonchev–Trinajstić information content (AvgIpc) is 1.59. The van der Waals surface area contributed by atoms with Crippen LogP contribution in [0.1, 0.15) is 0 Å². The summed E-state index contributed by atoms with van der Waals surface area (Å²) in [4.78, 5) is 4.71. The summed E-state index contributed by atoms with van der Waals surface area (Å²) in [5, 5.41) is 9.31. The summed E-state index contributed by atoms with van der Waals surface area (Å²) in [6.45, 7) is 0. The van der Waals surface area contributed by atoms with Crippen molar-refractivity contribution in [3.63, 3.8) is 0 Å². The van der Waals surface area contributed by atoms with Gasteiger partial charge in [-0.25, -0.2) is 0 Å². The fraction of sp³-hybridized carbons (Fsp3) is 0. The Kier molecular flexibility index (Phi) is 17.8. The molecular weight excluding hydrogens is 1530 g/mol. The molecule has 126 heavy (non-hydrogen) atoms. The van der Waals surface area contributed by atoms with Crippen molar-refractivity contribution in [3.8, 4) is 112 Å². The van der Waals surface area contributed by atoms with E-state index in [1.807, 2.05) is 12.1 Å². The predicted molar refractivity (Wildman–Crippen MR) is 528 cm³/mol. The minimum atomic E-state index is 0.845. The van der Waals surface area contributed by atoms with Crippen molar-refractivity contribution in [1.82, 2.24) is 9.13 Å². The van der Waals surface area contributed by atoms with Gasteiger partial charge in [-0.05, 0) is 205 Å². The Morgan fingerprint density at radius 3 is 0.881 bits per heavy atom. The van der Waals surface area contributed by atoms with Crippen molar-refractivity contribution >= 4 is 122 Å². The van der Waals surface area contributed by atoms with E-state index in [9.17, 15) is 0 Å². The first-order valence-corrected chi connectivity index (χ1v) is 43.1. The predicted octanol–water partition coefficient (Wildman–Crippen LogP) is 33.6. The summed E-state index contributed by atoms with van der Waals surface area (Å²) >= 11 is 0. The molecule has 0 radical (unpaired) electrons. The standard InChI is InChI=1S/C120H78N4O2/c1-4-23-79(24-5-1)89-61-72-99(115(76-89)123-111-40-15-10-31-103(111)104-32-11-16-41-112(104)123)86-55-66-95(67-56-86)121(96-70-59-88(60-71-96)101-36-21-38-109-107-35-14-19-44-117(107)125-119(101)109)94-64-53-84(54-65-94)83-47-45-81(46-48-83)82-49-51-85(52-50-82)91-63-74-108-110-39-22-37-102(120(110)126-118(108)78-91)92-27-20-30-98(75-92)122(93-28-8-3-9-29-93)97-68-57-87(58-69-97)100-73-62-90(80-25-6-2-7-26-80)77-116(100)124-113-42-17-12-33-105(113)106-34-13-18-43-114(106)124/h1-78H. The Bertz CT molecular complexity index is 8170. The van der Waals surface area contributed by atoms with Crippen LogP contribution in [-0.4, -0.2) is 9.13 Å². The molecule has 0 spiro atoms. The molecule has 4 aromatic heterocycles. The lowest BCUT2D eigenvalue weighted by molar-refractivity contribution is 0.669. The molecule has 20 aromatic carbocycles. The second-order valence-corrected chi connectivity index (χ2v) is 32.6. The molecule has 6 heteroatoms. The molecular formula is C120H78N4O2. The van der Waals surface area contributed by atoms with Crippen molar-refractivity contribution in [2.24, 2.45) is 0 Å². The zero-order valence-corrected chi connectivity index (χ0v) is 68.6. The highest BCUT2D eigenvalue weighted by molar-refractivity contribution is 6.14. The van der Waals surface area contributed by atoms with Crippen LogP contribution >= 0.6 is 0 Å². The quantitative estimate of drug-likeness (QED) is 0.0911. The summed E-state index contributed by atoms with van der Waals surface area (Å²) in [6.07, 6.45) is 0. The van der Waals surface area contributed by atoms with Gasteiger partial charge in [0.1, 0.15) is 22.3 Å². The van der Waals surface area contributed by atoms with Gasteiger partial charge in [-0.1, -0.05) is 346 Å². The van der Waals surface area contributed by atoms with E-state index in [0.29, 0.717) is 0 Å². The molecule has 24 rings (SSSR count). The van der Waals surface area contributed by atoms with E-state index in [0.717, 1.165) is 173 Å². The topological polar surface area (TPSA) is 42.6 Å². The lowest BCUT2D eigenvalue weighted by Crippen LogP contribution is -2.10. The number of fused-ring (bicyclic) bond motifs is 12. The highest BCUT2D eigenvalue weighted by atomic mass is 16.3. The van der Waals surface area contributed by atoms with E-state index >= 15 is 0 Å².